The van der Waals surface area contributed by atoms with E-state index in [1.807, 2.05) is 6.92 Å². The van der Waals surface area contributed by atoms with E-state index in [1.165, 1.54) is 0 Å². The van der Waals surface area contributed by atoms with E-state index in [0.29, 0.717) is 25.8 Å². The third kappa shape index (κ3) is 4.40. The second kappa shape index (κ2) is 7.12. The molecule has 0 saturated carbocycles. The molecule has 0 aromatic heterocycles. The highest BCUT2D eigenvalue weighted by Gasteiger charge is 2.28. The molecule has 0 bridgehead atoms. The van der Waals surface area contributed by atoms with Gasteiger partial charge in [-0.3, -0.25) is 4.79 Å². The zero-order valence-electron chi connectivity index (χ0n) is 12.2. The first-order valence-electron chi connectivity index (χ1n) is 6.89. The molecule has 7 heteroatoms. The molecule has 0 spiro atoms. The van der Waals surface area contributed by atoms with Gasteiger partial charge in [-0.1, -0.05) is 20.3 Å². The van der Waals surface area contributed by atoms with Crippen LogP contribution in [0.4, 0.5) is 4.79 Å². The summed E-state index contributed by atoms with van der Waals surface area (Å²) >= 11 is 0. The average molecular weight is 285 g/mol. The first kappa shape index (κ1) is 16.3. The summed E-state index contributed by atoms with van der Waals surface area (Å²) in [5.74, 6) is -1.12. The Morgan fingerprint density at radius 1 is 1.50 bits per heavy atom. The van der Waals surface area contributed by atoms with Crippen molar-refractivity contribution in [3.8, 4) is 0 Å². The number of piperidine rings is 1. The van der Waals surface area contributed by atoms with Gasteiger partial charge in [0.15, 0.2) is 0 Å². The van der Waals surface area contributed by atoms with Crippen molar-refractivity contribution in [2.24, 2.45) is 5.92 Å². The molecule has 3 atom stereocenters. The van der Waals surface area contributed by atoms with E-state index in [4.69, 9.17) is 5.11 Å². The van der Waals surface area contributed by atoms with Gasteiger partial charge < -0.3 is 20.6 Å². The van der Waals surface area contributed by atoms with Gasteiger partial charge in [0.1, 0.15) is 6.04 Å². The van der Waals surface area contributed by atoms with Crippen molar-refractivity contribution >= 4 is 17.9 Å². The molecule has 3 N–H and O–H groups in total. The van der Waals surface area contributed by atoms with E-state index in [1.54, 1.807) is 18.9 Å². The number of amides is 3. The van der Waals surface area contributed by atoms with Gasteiger partial charge in [-0.25, -0.2) is 9.59 Å². The molecule has 1 fully saturated rings. The summed E-state index contributed by atoms with van der Waals surface area (Å²) in [6.45, 7) is 4.11. The lowest BCUT2D eigenvalue weighted by Crippen LogP contribution is -2.55. The van der Waals surface area contributed by atoms with E-state index in [0.717, 1.165) is 0 Å². The number of likely N-dealkylation sites (tertiary alicyclic amines) is 1. The molecule has 0 aliphatic carbocycles. The zero-order valence-corrected chi connectivity index (χ0v) is 12.2. The Morgan fingerprint density at radius 2 is 2.15 bits per heavy atom. The Kier molecular flexibility index (Phi) is 5.79. The largest absolute Gasteiger partial charge is 0.480 e. The summed E-state index contributed by atoms with van der Waals surface area (Å²) < 4.78 is 0. The Morgan fingerprint density at radius 3 is 2.65 bits per heavy atom. The van der Waals surface area contributed by atoms with Crippen molar-refractivity contribution < 1.29 is 19.5 Å². The highest BCUT2D eigenvalue weighted by Crippen LogP contribution is 2.10. The van der Waals surface area contributed by atoms with E-state index in [9.17, 15) is 14.4 Å². The Bertz CT molecular complexity index is 386. The quantitative estimate of drug-likeness (QED) is 0.681. The van der Waals surface area contributed by atoms with Crippen molar-refractivity contribution in [3.05, 3.63) is 0 Å². The van der Waals surface area contributed by atoms with Crippen molar-refractivity contribution in [2.45, 2.75) is 45.2 Å². The molecule has 1 aliphatic rings. The molecule has 114 valence electrons. The molecular formula is C13H23N3O4. The minimum atomic E-state index is -1.04. The topological polar surface area (TPSA) is 98.7 Å². The van der Waals surface area contributed by atoms with Crippen LogP contribution in [0.5, 0.6) is 0 Å². The molecular weight excluding hydrogens is 262 g/mol. The molecule has 7 nitrogen and oxygen atoms in total. The monoisotopic (exact) mass is 285 g/mol. The van der Waals surface area contributed by atoms with Crippen LogP contribution in [0.1, 0.15) is 33.1 Å². The van der Waals surface area contributed by atoms with Gasteiger partial charge in [-0.05, 0) is 12.3 Å². The summed E-state index contributed by atoms with van der Waals surface area (Å²) in [4.78, 5) is 35.9. The molecule has 1 heterocycles. The standard InChI is InChI=1S/C13H23N3O4/c1-4-8(2)11(12(18)19)15-13(20)14-9-5-6-10(17)16(3)7-9/h8-9,11H,4-7H2,1-3H3,(H,18,19)(H2,14,15,20). The van der Waals surface area contributed by atoms with E-state index >= 15 is 0 Å². The van der Waals surface area contributed by atoms with Crippen LogP contribution in [0.15, 0.2) is 0 Å². The summed E-state index contributed by atoms with van der Waals surface area (Å²) in [7, 11) is 1.69. The Hall–Kier alpha value is -1.79. The number of rotatable bonds is 5. The number of nitrogens with one attached hydrogen (secondary N) is 2. The van der Waals surface area contributed by atoms with Gasteiger partial charge in [0.2, 0.25) is 5.91 Å². The van der Waals surface area contributed by atoms with Crippen LogP contribution in [-0.2, 0) is 9.59 Å². The van der Waals surface area contributed by atoms with Crippen molar-refractivity contribution in [3.63, 3.8) is 0 Å². The second-order valence-electron chi connectivity index (χ2n) is 5.33. The Balaban J connectivity index is 2.50. The highest BCUT2D eigenvalue weighted by atomic mass is 16.4. The summed E-state index contributed by atoms with van der Waals surface area (Å²) in [5, 5.41) is 14.3. The summed E-state index contributed by atoms with van der Waals surface area (Å²) in [6.07, 6.45) is 1.64. The number of carboxylic acids is 1. The molecule has 0 aromatic rings. The molecule has 3 unspecified atom stereocenters. The van der Waals surface area contributed by atoms with Crippen LogP contribution >= 0.6 is 0 Å². The first-order valence-corrected chi connectivity index (χ1v) is 6.89. The van der Waals surface area contributed by atoms with Crippen molar-refractivity contribution in [1.29, 1.82) is 0 Å². The lowest BCUT2D eigenvalue weighted by Gasteiger charge is -2.30. The van der Waals surface area contributed by atoms with Crippen molar-refractivity contribution in [2.75, 3.05) is 13.6 Å². The van der Waals surface area contributed by atoms with Crippen LogP contribution < -0.4 is 10.6 Å². The molecule has 0 radical (unpaired) electrons. The smallest absolute Gasteiger partial charge is 0.326 e. The first-order chi connectivity index (χ1) is 9.35. The molecule has 1 rings (SSSR count). The predicted molar refractivity (Wildman–Crippen MR) is 73.2 cm³/mol. The maximum absolute atomic E-state index is 11.8. The van der Waals surface area contributed by atoms with Crippen LogP contribution in [0.2, 0.25) is 0 Å². The normalized spacial score (nSPS) is 22.1. The number of urea groups is 1. The fourth-order valence-electron chi connectivity index (χ4n) is 2.18. The fraction of sp³-hybridized carbons (Fsp3) is 0.769. The molecule has 3 amide bonds. The molecule has 0 aromatic carbocycles. The molecule has 20 heavy (non-hydrogen) atoms. The number of likely N-dealkylation sites (N-methyl/N-ethyl adjacent to an activating group) is 1. The number of hydrogen-bond acceptors (Lipinski definition) is 3. The van der Waals surface area contributed by atoms with Crippen LogP contribution in [0.3, 0.4) is 0 Å². The summed E-state index contributed by atoms with van der Waals surface area (Å²) in [6, 6.07) is -1.53. The molecule has 1 saturated heterocycles. The minimum Gasteiger partial charge on any atom is -0.480 e. The predicted octanol–water partition coefficient (Wildman–Crippen LogP) is 0.406. The Labute approximate surface area is 118 Å². The minimum absolute atomic E-state index is 0.0616. The number of hydrogen-bond donors (Lipinski definition) is 3. The average Bonchev–Trinajstić information content (AvgIpc) is 2.39. The lowest BCUT2D eigenvalue weighted by atomic mass is 9.99. The molecule has 1 aliphatic heterocycles. The van der Waals surface area contributed by atoms with Crippen LogP contribution in [-0.4, -0.2) is 53.6 Å². The third-order valence-electron chi connectivity index (χ3n) is 3.73. The van der Waals surface area contributed by atoms with Crippen LogP contribution in [0, 0.1) is 5.92 Å². The fourth-order valence-corrected chi connectivity index (χ4v) is 2.18. The maximum Gasteiger partial charge on any atom is 0.326 e. The zero-order chi connectivity index (χ0) is 15.3. The number of nitrogens with zero attached hydrogens (tertiary/aromatic N) is 1. The van der Waals surface area contributed by atoms with E-state index < -0.39 is 18.0 Å². The SMILES string of the molecule is CCC(C)C(NC(=O)NC1CCC(=O)N(C)C1)C(=O)O. The van der Waals surface area contributed by atoms with Gasteiger partial charge in [0.25, 0.3) is 0 Å². The van der Waals surface area contributed by atoms with E-state index in [-0.39, 0.29) is 17.9 Å². The number of carbonyl (C=O) groups excluding carboxylic acids is 2. The van der Waals surface area contributed by atoms with Crippen LogP contribution in [0.25, 0.3) is 0 Å². The van der Waals surface area contributed by atoms with Gasteiger partial charge in [0, 0.05) is 26.1 Å². The third-order valence-corrected chi connectivity index (χ3v) is 3.73. The maximum atomic E-state index is 11.8. The number of carboxylic acid groups (broad SMARTS) is 1. The van der Waals surface area contributed by atoms with Gasteiger partial charge in [-0.2, -0.15) is 0 Å². The van der Waals surface area contributed by atoms with E-state index in [2.05, 4.69) is 10.6 Å². The second-order valence-corrected chi connectivity index (χ2v) is 5.33. The summed E-state index contributed by atoms with van der Waals surface area (Å²) in [5.41, 5.74) is 0. The highest BCUT2D eigenvalue weighted by molar-refractivity contribution is 5.83. The van der Waals surface area contributed by atoms with Gasteiger partial charge in [0.05, 0.1) is 0 Å². The lowest BCUT2D eigenvalue weighted by molar-refractivity contribution is -0.140. The van der Waals surface area contributed by atoms with Gasteiger partial charge >= 0.3 is 12.0 Å². The number of aliphatic carboxylic acids is 1. The van der Waals surface area contributed by atoms with Gasteiger partial charge in [-0.15, -0.1) is 0 Å². The van der Waals surface area contributed by atoms with Crippen molar-refractivity contribution in [1.82, 2.24) is 15.5 Å². The number of carbonyl (C=O) groups is 3.